The fourth-order valence-corrected chi connectivity index (χ4v) is 4.22. The van der Waals surface area contributed by atoms with Crippen LogP contribution in [0.1, 0.15) is 12.8 Å². The van der Waals surface area contributed by atoms with Crippen molar-refractivity contribution < 1.29 is 4.79 Å². The topological polar surface area (TPSA) is 45.2 Å². The first kappa shape index (κ1) is 16.8. The maximum absolute atomic E-state index is 12.5. The Kier molecular flexibility index (Phi) is 4.97. The summed E-state index contributed by atoms with van der Waals surface area (Å²) >= 11 is 1.72. The number of nitrogens with zero attached hydrogens (tertiary/aromatic N) is 2. The molecule has 0 radical (unpaired) electrons. The first-order chi connectivity index (χ1) is 12.8. The first-order valence-corrected chi connectivity index (χ1v) is 9.73. The summed E-state index contributed by atoms with van der Waals surface area (Å²) in [5.41, 5.74) is 2.07. The summed E-state index contributed by atoms with van der Waals surface area (Å²) in [6.07, 6.45) is 3.67. The third-order valence-corrected chi connectivity index (χ3v) is 5.84. The van der Waals surface area contributed by atoms with Crippen LogP contribution in [0.25, 0.3) is 10.4 Å². The molecule has 3 aromatic rings. The Balaban J connectivity index is 1.35. The molecule has 2 aromatic carbocycles. The van der Waals surface area contributed by atoms with Crippen LogP contribution in [0.5, 0.6) is 0 Å². The number of aromatic nitrogens is 1. The zero-order valence-electron chi connectivity index (χ0n) is 14.5. The number of carbonyl (C=O) groups is 1. The lowest BCUT2D eigenvalue weighted by atomic mass is 9.96. The summed E-state index contributed by atoms with van der Waals surface area (Å²) in [5, 5.41) is 4.07. The highest BCUT2D eigenvalue weighted by molar-refractivity contribution is 7.18. The number of benzene rings is 2. The van der Waals surface area contributed by atoms with Crippen molar-refractivity contribution in [1.82, 2.24) is 4.98 Å². The molecule has 26 heavy (non-hydrogen) atoms. The minimum absolute atomic E-state index is 0.0695. The van der Waals surface area contributed by atoms with Gasteiger partial charge in [-0.05, 0) is 30.5 Å². The molecule has 0 unspecified atom stereocenters. The highest BCUT2D eigenvalue weighted by Crippen LogP contribution is 2.33. The number of piperidine rings is 1. The summed E-state index contributed by atoms with van der Waals surface area (Å²) in [6, 6.07) is 20.0. The van der Waals surface area contributed by atoms with Gasteiger partial charge in [0, 0.05) is 30.9 Å². The number of hydrogen-bond acceptors (Lipinski definition) is 4. The van der Waals surface area contributed by atoms with E-state index < -0.39 is 0 Å². The van der Waals surface area contributed by atoms with Crippen LogP contribution in [0.4, 0.5) is 10.8 Å². The van der Waals surface area contributed by atoms with Crippen LogP contribution in [0.15, 0.2) is 66.9 Å². The zero-order chi connectivity index (χ0) is 17.8. The lowest BCUT2D eigenvalue weighted by Gasteiger charge is -2.31. The van der Waals surface area contributed by atoms with Crippen LogP contribution in [-0.4, -0.2) is 24.0 Å². The van der Waals surface area contributed by atoms with Gasteiger partial charge in [-0.15, -0.1) is 0 Å². The Morgan fingerprint density at radius 3 is 2.35 bits per heavy atom. The van der Waals surface area contributed by atoms with Gasteiger partial charge in [-0.25, -0.2) is 4.98 Å². The number of para-hydroxylation sites is 1. The van der Waals surface area contributed by atoms with E-state index in [-0.39, 0.29) is 11.8 Å². The van der Waals surface area contributed by atoms with Crippen LogP contribution >= 0.6 is 11.3 Å². The maximum atomic E-state index is 12.5. The fraction of sp³-hybridized carbons (Fsp3) is 0.238. The van der Waals surface area contributed by atoms with Crippen LogP contribution in [0.3, 0.4) is 0 Å². The van der Waals surface area contributed by atoms with E-state index in [0.29, 0.717) is 0 Å². The quantitative estimate of drug-likeness (QED) is 0.733. The standard InChI is InChI=1S/C21H21N3OS/c25-20(23-18-9-5-2-6-10-18)17-11-13-24(14-12-17)21-22-15-19(26-21)16-7-3-1-4-8-16/h1-10,15,17H,11-14H2,(H,23,25). The van der Waals surface area contributed by atoms with Gasteiger partial charge in [0.2, 0.25) is 5.91 Å². The molecule has 1 amide bonds. The van der Waals surface area contributed by atoms with Crippen molar-refractivity contribution in [3.05, 3.63) is 66.9 Å². The molecule has 1 N–H and O–H groups in total. The summed E-state index contributed by atoms with van der Waals surface area (Å²) in [4.78, 5) is 20.5. The number of nitrogens with one attached hydrogen (secondary N) is 1. The molecule has 4 rings (SSSR count). The van der Waals surface area contributed by atoms with Crippen LogP contribution in [0, 0.1) is 5.92 Å². The van der Waals surface area contributed by atoms with Crippen molar-refractivity contribution >= 4 is 28.1 Å². The first-order valence-electron chi connectivity index (χ1n) is 8.92. The molecule has 0 saturated carbocycles. The van der Waals surface area contributed by atoms with E-state index in [9.17, 15) is 4.79 Å². The zero-order valence-corrected chi connectivity index (χ0v) is 15.3. The van der Waals surface area contributed by atoms with Gasteiger partial charge in [0.15, 0.2) is 5.13 Å². The highest BCUT2D eigenvalue weighted by atomic mass is 32.1. The molecule has 0 atom stereocenters. The van der Waals surface area contributed by atoms with E-state index in [2.05, 4.69) is 27.3 Å². The monoisotopic (exact) mass is 363 g/mol. The molecule has 0 bridgehead atoms. The lowest BCUT2D eigenvalue weighted by Crippen LogP contribution is -2.38. The molecular weight excluding hydrogens is 342 g/mol. The normalized spacial score (nSPS) is 15.0. The lowest BCUT2D eigenvalue weighted by molar-refractivity contribution is -0.120. The molecule has 4 nitrogen and oxygen atoms in total. The third kappa shape index (κ3) is 3.78. The smallest absolute Gasteiger partial charge is 0.227 e. The van der Waals surface area contributed by atoms with Crippen molar-refractivity contribution in [3.63, 3.8) is 0 Å². The Morgan fingerprint density at radius 1 is 1.00 bits per heavy atom. The predicted molar refractivity (Wildman–Crippen MR) is 108 cm³/mol. The molecule has 1 saturated heterocycles. The number of thiazole rings is 1. The van der Waals surface area contributed by atoms with Crippen molar-refractivity contribution in [1.29, 1.82) is 0 Å². The summed E-state index contributed by atoms with van der Waals surface area (Å²) in [6.45, 7) is 1.74. The van der Waals surface area contributed by atoms with Crippen LogP contribution < -0.4 is 10.2 Å². The van der Waals surface area contributed by atoms with Gasteiger partial charge >= 0.3 is 0 Å². The van der Waals surface area contributed by atoms with E-state index in [4.69, 9.17) is 0 Å². The summed E-state index contributed by atoms with van der Waals surface area (Å²) in [5.74, 6) is 0.194. The van der Waals surface area contributed by atoms with Crippen LogP contribution in [0.2, 0.25) is 0 Å². The predicted octanol–water partition coefficient (Wildman–Crippen LogP) is 4.67. The van der Waals surface area contributed by atoms with Crippen molar-refractivity contribution in [2.75, 3.05) is 23.3 Å². The van der Waals surface area contributed by atoms with Gasteiger partial charge in [-0.3, -0.25) is 4.79 Å². The van der Waals surface area contributed by atoms with Gasteiger partial charge in [0.25, 0.3) is 0 Å². The van der Waals surface area contributed by atoms with E-state index in [1.165, 1.54) is 10.4 Å². The van der Waals surface area contributed by atoms with Gasteiger partial charge < -0.3 is 10.2 Å². The fourth-order valence-electron chi connectivity index (χ4n) is 3.25. The number of amides is 1. The van der Waals surface area contributed by atoms with Gasteiger partial charge in [-0.2, -0.15) is 0 Å². The van der Waals surface area contributed by atoms with Gasteiger partial charge in [0.05, 0.1) is 4.88 Å². The average Bonchev–Trinajstić information content (AvgIpc) is 3.20. The molecule has 0 spiro atoms. The number of carbonyl (C=O) groups excluding carboxylic acids is 1. The van der Waals surface area contributed by atoms with Crippen LogP contribution in [-0.2, 0) is 4.79 Å². The average molecular weight is 363 g/mol. The van der Waals surface area contributed by atoms with Crippen molar-refractivity contribution in [3.8, 4) is 10.4 Å². The third-order valence-electron chi connectivity index (χ3n) is 4.73. The minimum Gasteiger partial charge on any atom is -0.348 e. The number of anilines is 2. The Hall–Kier alpha value is -2.66. The molecule has 1 aliphatic rings. The minimum atomic E-state index is 0.0695. The molecule has 132 valence electrons. The number of hydrogen-bond donors (Lipinski definition) is 1. The molecule has 1 fully saturated rings. The van der Waals surface area contributed by atoms with E-state index in [1.807, 2.05) is 54.7 Å². The highest BCUT2D eigenvalue weighted by Gasteiger charge is 2.26. The van der Waals surface area contributed by atoms with Gasteiger partial charge in [0.1, 0.15) is 0 Å². The van der Waals surface area contributed by atoms with Gasteiger partial charge in [-0.1, -0.05) is 59.9 Å². The molecule has 0 aliphatic carbocycles. The Labute approximate surface area is 157 Å². The van der Waals surface area contributed by atoms with E-state index in [1.54, 1.807) is 11.3 Å². The van der Waals surface area contributed by atoms with E-state index in [0.717, 1.165) is 36.8 Å². The Morgan fingerprint density at radius 2 is 1.65 bits per heavy atom. The maximum Gasteiger partial charge on any atom is 0.227 e. The largest absolute Gasteiger partial charge is 0.348 e. The summed E-state index contributed by atoms with van der Waals surface area (Å²) < 4.78 is 0. The second kappa shape index (κ2) is 7.70. The number of rotatable bonds is 4. The molecule has 1 aliphatic heterocycles. The second-order valence-corrected chi connectivity index (χ2v) is 7.50. The molecular formula is C21H21N3OS. The molecule has 1 aromatic heterocycles. The second-order valence-electron chi connectivity index (χ2n) is 6.49. The van der Waals surface area contributed by atoms with Crippen molar-refractivity contribution in [2.24, 2.45) is 5.92 Å². The molecule has 2 heterocycles. The summed E-state index contributed by atoms with van der Waals surface area (Å²) in [7, 11) is 0. The Bertz CT molecular complexity index is 855. The molecule has 5 heteroatoms. The van der Waals surface area contributed by atoms with Crippen molar-refractivity contribution in [2.45, 2.75) is 12.8 Å². The SMILES string of the molecule is O=C(Nc1ccccc1)C1CCN(c2ncc(-c3ccccc3)s2)CC1. The van der Waals surface area contributed by atoms with E-state index >= 15 is 0 Å².